The summed E-state index contributed by atoms with van der Waals surface area (Å²) in [7, 11) is 0. The summed E-state index contributed by atoms with van der Waals surface area (Å²) in [5.41, 5.74) is 5.09. The van der Waals surface area contributed by atoms with E-state index in [9.17, 15) is 0 Å². The predicted octanol–water partition coefficient (Wildman–Crippen LogP) is 5.57. The summed E-state index contributed by atoms with van der Waals surface area (Å²) in [6.07, 6.45) is 4.09. The van der Waals surface area contributed by atoms with Crippen molar-refractivity contribution in [3.05, 3.63) is 72.9 Å². The molecule has 168 valence electrons. The average Bonchev–Trinajstić information content (AvgIpc) is 3.52. The van der Waals surface area contributed by atoms with Crippen molar-refractivity contribution in [2.75, 3.05) is 19.9 Å². The quantitative estimate of drug-likeness (QED) is 0.391. The molecule has 2 aliphatic heterocycles. The third-order valence-electron chi connectivity index (χ3n) is 6.92. The van der Waals surface area contributed by atoms with Crippen LogP contribution in [0.5, 0.6) is 11.5 Å². The van der Waals surface area contributed by atoms with E-state index in [0.29, 0.717) is 6.04 Å². The average molecular weight is 449 g/mol. The van der Waals surface area contributed by atoms with Crippen LogP contribution in [0.25, 0.3) is 44.5 Å². The highest BCUT2D eigenvalue weighted by Crippen LogP contribution is 2.38. The van der Waals surface area contributed by atoms with Crippen LogP contribution in [0.2, 0.25) is 0 Å². The minimum absolute atomic E-state index is 0.264. The van der Waals surface area contributed by atoms with E-state index in [0.717, 1.165) is 71.1 Å². The summed E-state index contributed by atoms with van der Waals surface area (Å²) in [5.74, 6) is 2.49. The maximum atomic E-state index is 5.65. The largest absolute Gasteiger partial charge is 0.454 e. The molecule has 0 spiro atoms. The van der Waals surface area contributed by atoms with Crippen LogP contribution in [0.15, 0.2) is 72.9 Å². The van der Waals surface area contributed by atoms with Crippen LogP contribution in [0.4, 0.5) is 0 Å². The molecule has 34 heavy (non-hydrogen) atoms. The molecule has 6 heteroatoms. The highest BCUT2D eigenvalue weighted by molar-refractivity contribution is 5.89. The lowest BCUT2D eigenvalue weighted by atomic mass is 10.0. The number of nitrogens with one attached hydrogen (secondary N) is 1. The molecular formula is C28H24N4O2. The number of benzene rings is 3. The number of nitrogens with zero attached hydrogens (tertiary/aromatic N) is 3. The third kappa shape index (κ3) is 3.22. The standard InChI is InChI=1S/C28H24N4O2/c1-2-4-19-13-20(6-5-18(19)3-1)22-14-24-28(30-16-22)32(23-9-11-29-12-10-23)27(31-24)21-7-8-25-26(15-21)34-17-33-25/h1-8,13-16,23,29H,9-12,17H2. The van der Waals surface area contributed by atoms with Crippen LogP contribution >= 0.6 is 0 Å². The number of aromatic nitrogens is 3. The molecule has 1 N–H and O–H groups in total. The first-order chi connectivity index (χ1) is 16.8. The molecular weight excluding hydrogens is 424 g/mol. The van der Waals surface area contributed by atoms with Gasteiger partial charge >= 0.3 is 0 Å². The molecule has 3 aromatic carbocycles. The zero-order valence-corrected chi connectivity index (χ0v) is 18.7. The Hall–Kier alpha value is -3.90. The second kappa shape index (κ2) is 7.85. The molecule has 0 atom stereocenters. The van der Waals surface area contributed by atoms with E-state index in [4.69, 9.17) is 19.4 Å². The Labute approximate surface area is 197 Å². The van der Waals surface area contributed by atoms with Crippen molar-refractivity contribution in [1.82, 2.24) is 19.9 Å². The molecule has 0 radical (unpaired) electrons. The summed E-state index contributed by atoms with van der Waals surface area (Å²) in [6.45, 7) is 2.26. The van der Waals surface area contributed by atoms with E-state index < -0.39 is 0 Å². The molecule has 2 aliphatic rings. The second-order valence-corrected chi connectivity index (χ2v) is 8.98. The fourth-order valence-electron chi connectivity index (χ4n) is 5.16. The van der Waals surface area contributed by atoms with Gasteiger partial charge in [-0.15, -0.1) is 0 Å². The zero-order valence-electron chi connectivity index (χ0n) is 18.7. The van der Waals surface area contributed by atoms with Gasteiger partial charge in [-0.05, 0) is 72.6 Å². The van der Waals surface area contributed by atoms with Gasteiger partial charge in [0.25, 0.3) is 0 Å². The molecule has 1 saturated heterocycles. The zero-order chi connectivity index (χ0) is 22.5. The molecule has 1 fully saturated rings. The Bertz CT molecular complexity index is 1530. The number of hydrogen-bond donors (Lipinski definition) is 1. The lowest BCUT2D eigenvalue weighted by Crippen LogP contribution is -2.29. The van der Waals surface area contributed by atoms with Crippen LogP contribution in [-0.4, -0.2) is 34.4 Å². The number of piperidine rings is 1. The topological polar surface area (TPSA) is 61.2 Å². The van der Waals surface area contributed by atoms with Crippen molar-refractivity contribution in [3.8, 4) is 34.0 Å². The summed E-state index contributed by atoms with van der Waals surface area (Å²) >= 11 is 0. The van der Waals surface area contributed by atoms with E-state index >= 15 is 0 Å². The predicted molar refractivity (Wildman–Crippen MR) is 133 cm³/mol. The van der Waals surface area contributed by atoms with Gasteiger partial charge in [0.2, 0.25) is 6.79 Å². The maximum Gasteiger partial charge on any atom is 0.231 e. The number of imidazole rings is 1. The second-order valence-electron chi connectivity index (χ2n) is 8.98. The molecule has 0 unspecified atom stereocenters. The molecule has 0 saturated carbocycles. The van der Waals surface area contributed by atoms with Gasteiger partial charge in [-0.1, -0.05) is 36.4 Å². The molecule has 6 nitrogen and oxygen atoms in total. The minimum atomic E-state index is 0.264. The summed E-state index contributed by atoms with van der Waals surface area (Å²) in [5, 5.41) is 5.93. The maximum absolute atomic E-state index is 5.65. The summed E-state index contributed by atoms with van der Waals surface area (Å²) in [6, 6.07) is 23.6. The van der Waals surface area contributed by atoms with Crippen molar-refractivity contribution in [1.29, 1.82) is 0 Å². The van der Waals surface area contributed by atoms with Gasteiger partial charge < -0.3 is 19.4 Å². The lowest BCUT2D eigenvalue weighted by molar-refractivity contribution is 0.174. The lowest BCUT2D eigenvalue weighted by Gasteiger charge is -2.26. The van der Waals surface area contributed by atoms with Crippen molar-refractivity contribution in [3.63, 3.8) is 0 Å². The number of ether oxygens (including phenoxy) is 2. The Kier molecular flexibility index (Phi) is 4.52. The summed E-state index contributed by atoms with van der Waals surface area (Å²) < 4.78 is 13.5. The fourth-order valence-corrected chi connectivity index (χ4v) is 5.16. The van der Waals surface area contributed by atoms with Gasteiger partial charge in [-0.3, -0.25) is 0 Å². The smallest absolute Gasteiger partial charge is 0.231 e. The number of fused-ring (bicyclic) bond motifs is 3. The Morgan fingerprint density at radius 1 is 0.794 bits per heavy atom. The SMILES string of the molecule is c1ccc2cc(-c3cnc4c(c3)nc(-c3ccc5c(c3)OCO5)n4C3CCNCC3)ccc2c1. The van der Waals surface area contributed by atoms with Crippen molar-refractivity contribution < 1.29 is 9.47 Å². The van der Waals surface area contributed by atoms with E-state index in [1.807, 2.05) is 18.3 Å². The van der Waals surface area contributed by atoms with Gasteiger partial charge in [0, 0.05) is 23.4 Å². The molecule has 2 aromatic heterocycles. The number of hydrogen-bond acceptors (Lipinski definition) is 5. The van der Waals surface area contributed by atoms with Gasteiger partial charge in [0.15, 0.2) is 17.1 Å². The molecule has 0 aliphatic carbocycles. The van der Waals surface area contributed by atoms with Gasteiger partial charge in [0.05, 0.1) is 0 Å². The Morgan fingerprint density at radius 3 is 2.53 bits per heavy atom. The van der Waals surface area contributed by atoms with Crippen LogP contribution in [-0.2, 0) is 0 Å². The van der Waals surface area contributed by atoms with Crippen LogP contribution in [0.1, 0.15) is 18.9 Å². The van der Waals surface area contributed by atoms with E-state index in [1.165, 1.54) is 10.8 Å². The van der Waals surface area contributed by atoms with Crippen molar-refractivity contribution >= 4 is 21.9 Å². The number of rotatable bonds is 3. The molecule has 0 bridgehead atoms. The molecule has 4 heterocycles. The third-order valence-corrected chi connectivity index (χ3v) is 6.92. The molecule has 0 amide bonds. The van der Waals surface area contributed by atoms with E-state index in [1.54, 1.807) is 0 Å². The Balaban J connectivity index is 1.38. The normalized spacial score (nSPS) is 15.9. The van der Waals surface area contributed by atoms with Crippen LogP contribution in [0, 0.1) is 0 Å². The van der Waals surface area contributed by atoms with E-state index in [-0.39, 0.29) is 6.79 Å². The number of pyridine rings is 1. The Morgan fingerprint density at radius 2 is 1.62 bits per heavy atom. The van der Waals surface area contributed by atoms with Gasteiger partial charge in [-0.25, -0.2) is 9.97 Å². The van der Waals surface area contributed by atoms with E-state index in [2.05, 4.69) is 64.5 Å². The van der Waals surface area contributed by atoms with Gasteiger partial charge in [-0.2, -0.15) is 0 Å². The first kappa shape index (κ1) is 19.6. The van der Waals surface area contributed by atoms with Crippen LogP contribution < -0.4 is 14.8 Å². The van der Waals surface area contributed by atoms with Crippen LogP contribution in [0.3, 0.4) is 0 Å². The molecule has 7 rings (SSSR count). The van der Waals surface area contributed by atoms with Gasteiger partial charge in [0.1, 0.15) is 11.3 Å². The monoisotopic (exact) mass is 448 g/mol. The highest BCUT2D eigenvalue weighted by Gasteiger charge is 2.24. The van der Waals surface area contributed by atoms with Crippen molar-refractivity contribution in [2.45, 2.75) is 18.9 Å². The fraction of sp³-hybridized carbons (Fsp3) is 0.214. The molecule has 5 aromatic rings. The summed E-state index contributed by atoms with van der Waals surface area (Å²) in [4.78, 5) is 10.1. The first-order valence-corrected chi connectivity index (χ1v) is 11.8. The highest BCUT2D eigenvalue weighted by atomic mass is 16.7. The minimum Gasteiger partial charge on any atom is -0.454 e. The first-order valence-electron chi connectivity index (χ1n) is 11.8. The van der Waals surface area contributed by atoms with Crippen molar-refractivity contribution in [2.24, 2.45) is 0 Å².